The van der Waals surface area contributed by atoms with Crippen LogP contribution in [0.25, 0.3) is 22.2 Å². The number of fused-ring (bicyclic) bond motifs is 1. The van der Waals surface area contributed by atoms with Crippen LogP contribution in [-0.4, -0.2) is 27.5 Å². The summed E-state index contributed by atoms with van der Waals surface area (Å²) in [4.78, 5) is 6.39. The van der Waals surface area contributed by atoms with Crippen LogP contribution >= 0.6 is 28.3 Å². The van der Waals surface area contributed by atoms with Gasteiger partial charge in [-0.25, -0.2) is 0 Å². The number of nitrogens with zero attached hydrogens (tertiary/aromatic N) is 3. The third-order valence-electron chi connectivity index (χ3n) is 5.65. The Morgan fingerprint density at radius 1 is 1.15 bits per heavy atom. The molecule has 0 amide bonds. The van der Waals surface area contributed by atoms with E-state index in [1.807, 2.05) is 60.7 Å². The number of benzene rings is 3. The zero-order chi connectivity index (χ0) is 22.1. The van der Waals surface area contributed by atoms with E-state index in [0.717, 1.165) is 51.5 Å². The number of aromatic nitrogens is 2. The van der Waals surface area contributed by atoms with E-state index in [2.05, 4.69) is 26.1 Å². The molecule has 33 heavy (non-hydrogen) atoms. The normalized spacial score (nSPS) is 15.4. The van der Waals surface area contributed by atoms with Crippen LogP contribution < -0.4 is 10.5 Å². The van der Waals surface area contributed by atoms with E-state index < -0.39 is 0 Å². The standard InChI is InChI=1S/C24H22BrN5O2.ClH/c25-19-4-1-3-15(11-19)14-31-20-9-8-16-12-18(7-6-17(16)13-20)22-28-23(32-29-22)21-5-2-10-30(21)24(26)27;/h1,3-4,6-9,11-13,21H,2,5,10,14H2,(H3,26,27);1H. The van der Waals surface area contributed by atoms with Crippen LogP contribution in [0.2, 0.25) is 0 Å². The van der Waals surface area contributed by atoms with Crippen molar-refractivity contribution in [2.24, 2.45) is 5.73 Å². The summed E-state index contributed by atoms with van der Waals surface area (Å²) in [7, 11) is 0. The average molecular weight is 529 g/mol. The molecule has 1 atom stereocenters. The van der Waals surface area contributed by atoms with Crippen molar-refractivity contribution < 1.29 is 9.26 Å². The lowest BCUT2D eigenvalue weighted by atomic mass is 10.1. The monoisotopic (exact) mass is 527 g/mol. The Labute approximate surface area is 206 Å². The number of hydrogen-bond donors (Lipinski definition) is 2. The van der Waals surface area contributed by atoms with Crippen LogP contribution in [0, 0.1) is 5.41 Å². The number of hydrogen-bond acceptors (Lipinski definition) is 5. The summed E-state index contributed by atoms with van der Waals surface area (Å²) in [5.74, 6) is 1.89. The SMILES string of the molecule is Cl.N=C(N)N1CCCC1c1nc(-c2ccc3cc(OCc4cccc(Br)c4)ccc3c2)no1. The molecule has 9 heteroatoms. The number of halogens is 2. The number of guanidine groups is 1. The van der Waals surface area contributed by atoms with E-state index in [4.69, 9.17) is 20.4 Å². The second-order valence-corrected chi connectivity index (χ2v) is 8.75. The van der Waals surface area contributed by atoms with E-state index in [0.29, 0.717) is 18.3 Å². The number of nitrogens with two attached hydrogens (primary N) is 1. The number of nitrogens with one attached hydrogen (secondary N) is 1. The summed E-state index contributed by atoms with van der Waals surface area (Å²) in [6, 6.07) is 20.0. The van der Waals surface area contributed by atoms with Gasteiger partial charge in [-0.15, -0.1) is 12.4 Å². The Balaban J connectivity index is 0.00000259. The highest BCUT2D eigenvalue weighted by Gasteiger charge is 2.31. The van der Waals surface area contributed by atoms with E-state index >= 15 is 0 Å². The molecule has 1 fully saturated rings. The average Bonchev–Trinajstić information content (AvgIpc) is 3.47. The van der Waals surface area contributed by atoms with E-state index in [-0.39, 0.29) is 24.4 Å². The Morgan fingerprint density at radius 3 is 2.79 bits per heavy atom. The van der Waals surface area contributed by atoms with E-state index in [9.17, 15) is 0 Å². The van der Waals surface area contributed by atoms with Crippen molar-refractivity contribution in [1.82, 2.24) is 15.0 Å². The van der Waals surface area contributed by atoms with Gasteiger partial charge in [-0.3, -0.25) is 5.41 Å². The minimum atomic E-state index is -0.126. The van der Waals surface area contributed by atoms with Gasteiger partial charge in [0.1, 0.15) is 18.4 Å². The van der Waals surface area contributed by atoms with E-state index in [1.54, 1.807) is 4.90 Å². The minimum absolute atomic E-state index is 0. The quantitative estimate of drug-likeness (QED) is 0.255. The molecule has 1 aromatic heterocycles. The highest BCUT2D eigenvalue weighted by Crippen LogP contribution is 2.32. The molecule has 1 aliphatic rings. The fourth-order valence-electron chi connectivity index (χ4n) is 4.05. The molecule has 0 spiro atoms. The van der Waals surface area contributed by atoms with Crippen molar-refractivity contribution in [3.05, 3.63) is 76.6 Å². The molecule has 0 bridgehead atoms. The fraction of sp³-hybridized carbons (Fsp3) is 0.208. The first-order chi connectivity index (χ1) is 15.6. The van der Waals surface area contributed by atoms with Crippen molar-refractivity contribution >= 4 is 45.1 Å². The molecule has 3 aromatic carbocycles. The van der Waals surface area contributed by atoms with E-state index in [1.165, 1.54) is 0 Å². The summed E-state index contributed by atoms with van der Waals surface area (Å²) >= 11 is 3.49. The molecule has 0 aliphatic carbocycles. The smallest absolute Gasteiger partial charge is 0.249 e. The Hall–Kier alpha value is -3.10. The maximum Gasteiger partial charge on any atom is 0.249 e. The molecule has 2 heterocycles. The third-order valence-corrected chi connectivity index (χ3v) is 6.15. The lowest BCUT2D eigenvalue weighted by molar-refractivity contribution is 0.283. The summed E-state index contributed by atoms with van der Waals surface area (Å²) in [6.07, 6.45) is 1.80. The molecule has 5 rings (SSSR count). The van der Waals surface area contributed by atoms with Gasteiger partial charge >= 0.3 is 0 Å². The maximum absolute atomic E-state index is 7.74. The number of rotatable bonds is 5. The highest BCUT2D eigenvalue weighted by atomic mass is 79.9. The van der Waals surface area contributed by atoms with Gasteiger partial charge in [0.25, 0.3) is 0 Å². The van der Waals surface area contributed by atoms with Crippen LogP contribution in [0.5, 0.6) is 5.75 Å². The first kappa shape index (κ1) is 23.1. The minimum Gasteiger partial charge on any atom is -0.489 e. The first-order valence-electron chi connectivity index (χ1n) is 10.4. The zero-order valence-electron chi connectivity index (χ0n) is 17.7. The molecule has 1 unspecified atom stereocenters. The first-order valence-corrected chi connectivity index (χ1v) is 11.2. The molecular weight excluding hydrogens is 506 g/mol. The van der Waals surface area contributed by atoms with Crippen molar-refractivity contribution in [2.45, 2.75) is 25.5 Å². The predicted octanol–water partition coefficient (Wildman–Crippen LogP) is 5.68. The van der Waals surface area contributed by atoms with Crippen molar-refractivity contribution in [2.75, 3.05) is 6.54 Å². The zero-order valence-corrected chi connectivity index (χ0v) is 20.1. The summed E-state index contributed by atoms with van der Waals surface area (Å²) in [5.41, 5.74) is 7.67. The molecule has 0 radical (unpaired) electrons. The Bertz CT molecular complexity index is 1290. The lowest BCUT2D eigenvalue weighted by Crippen LogP contribution is -2.35. The fourth-order valence-corrected chi connectivity index (χ4v) is 4.49. The van der Waals surface area contributed by atoms with Crippen LogP contribution in [0.1, 0.15) is 30.3 Å². The number of likely N-dealkylation sites (tertiary alicyclic amines) is 1. The van der Waals surface area contributed by atoms with Gasteiger partial charge in [-0.1, -0.05) is 51.4 Å². The summed E-state index contributed by atoms with van der Waals surface area (Å²) in [5, 5.41) is 14.0. The van der Waals surface area contributed by atoms with Crippen LogP contribution in [0.15, 0.2) is 69.7 Å². The van der Waals surface area contributed by atoms with Gasteiger partial charge in [0, 0.05) is 16.6 Å². The molecular formula is C24H23BrClN5O2. The van der Waals surface area contributed by atoms with Crippen LogP contribution in [-0.2, 0) is 6.61 Å². The molecule has 0 saturated carbocycles. The largest absolute Gasteiger partial charge is 0.489 e. The highest BCUT2D eigenvalue weighted by molar-refractivity contribution is 9.10. The predicted molar refractivity (Wildman–Crippen MR) is 134 cm³/mol. The second-order valence-electron chi connectivity index (χ2n) is 7.84. The Kier molecular flexibility index (Phi) is 6.85. The van der Waals surface area contributed by atoms with Gasteiger partial charge in [-0.2, -0.15) is 4.98 Å². The van der Waals surface area contributed by atoms with Gasteiger partial charge in [0.05, 0.1) is 0 Å². The topological polar surface area (TPSA) is 101 Å². The summed E-state index contributed by atoms with van der Waals surface area (Å²) < 4.78 is 12.5. The van der Waals surface area contributed by atoms with Crippen molar-refractivity contribution in [3.63, 3.8) is 0 Å². The van der Waals surface area contributed by atoms with Gasteiger partial charge in [-0.05, 0) is 59.5 Å². The molecule has 170 valence electrons. The molecule has 1 aliphatic heterocycles. The van der Waals surface area contributed by atoms with Crippen molar-refractivity contribution in [3.8, 4) is 17.1 Å². The molecule has 3 N–H and O–H groups in total. The van der Waals surface area contributed by atoms with Gasteiger partial charge in [0.2, 0.25) is 11.7 Å². The maximum atomic E-state index is 7.74. The van der Waals surface area contributed by atoms with Crippen LogP contribution in [0.3, 0.4) is 0 Å². The molecule has 4 aromatic rings. The number of ether oxygens (including phenoxy) is 1. The van der Waals surface area contributed by atoms with Crippen LogP contribution in [0.4, 0.5) is 0 Å². The lowest BCUT2D eigenvalue weighted by Gasteiger charge is -2.21. The Morgan fingerprint density at radius 2 is 1.97 bits per heavy atom. The molecule has 1 saturated heterocycles. The second kappa shape index (κ2) is 9.80. The molecule has 7 nitrogen and oxygen atoms in total. The van der Waals surface area contributed by atoms with Gasteiger partial charge < -0.3 is 19.9 Å². The third kappa shape index (κ3) is 4.96. The summed E-state index contributed by atoms with van der Waals surface area (Å²) in [6.45, 7) is 1.24. The van der Waals surface area contributed by atoms with Gasteiger partial charge in [0.15, 0.2) is 5.96 Å². The van der Waals surface area contributed by atoms with Crippen molar-refractivity contribution in [1.29, 1.82) is 5.41 Å².